The fraction of sp³-hybridized carbons (Fsp3) is 0.412. The van der Waals surface area contributed by atoms with Gasteiger partial charge < -0.3 is 4.74 Å². The van der Waals surface area contributed by atoms with E-state index < -0.39 is 0 Å². The van der Waals surface area contributed by atoms with Crippen LogP contribution in [0.25, 0.3) is 0 Å². The molecule has 0 fully saturated rings. The van der Waals surface area contributed by atoms with Crippen molar-refractivity contribution >= 4 is 0 Å². The van der Waals surface area contributed by atoms with Crippen molar-refractivity contribution in [1.29, 1.82) is 0 Å². The molecule has 96 valence electrons. The Kier molecular flexibility index (Phi) is 3.60. The van der Waals surface area contributed by atoms with Crippen LogP contribution in [-0.2, 0) is 0 Å². The molecule has 1 nitrogen and oxygen atoms in total. The smallest absolute Gasteiger partial charge is 0.118 e. The quantitative estimate of drug-likeness (QED) is 0.729. The second-order valence-corrected chi connectivity index (χ2v) is 5.89. The Hall–Kier alpha value is -1.50. The Morgan fingerprint density at radius 3 is 2.33 bits per heavy atom. The number of allylic oxidation sites excluding steroid dienone is 4. The number of hydrogen-bond donors (Lipinski definition) is 0. The van der Waals surface area contributed by atoms with E-state index in [1.54, 1.807) is 7.11 Å². The molecule has 1 heteroatoms. The van der Waals surface area contributed by atoms with Crippen LogP contribution in [0.2, 0.25) is 0 Å². The molecule has 0 radical (unpaired) electrons. The molecule has 1 atom stereocenters. The van der Waals surface area contributed by atoms with Crippen molar-refractivity contribution < 1.29 is 4.74 Å². The maximum absolute atomic E-state index is 5.20. The van der Waals surface area contributed by atoms with Crippen LogP contribution < -0.4 is 4.74 Å². The van der Waals surface area contributed by atoms with E-state index in [1.807, 2.05) is 12.1 Å². The fourth-order valence-corrected chi connectivity index (χ4v) is 2.27. The van der Waals surface area contributed by atoms with Gasteiger partial charge in [-0.15, -0.1) is 0 Å². The fourth-order valence-electron chi connectivity index (χ4n) is 2.27. The summed E-state index contributed by atoms with van der Waals surface area (Å²) in [6.45, 7) is 6.79. The van der Waals surface area contributed by atoms with Gasteiger partial charge >= 0.3 is 0 Å². The summed E-state index contributed by atoms with van der Waals surface area (Å²) in [5, 5.41) is 0. The molecule has 1 aromatic rings. The number of benzene rings is 1. The largest absolute Gasteiger partial charge is 0.497 e. The summed E-state index contributed by atoms with van der Waals surface area (Å²) in [4.78, 5) is 0. The average molecular weight is 242 g/mol. The highest BCUT2D eigenvalue weighted by molar-refractivity contribution is 5.38. The number of methoxy groups -OCH3 is 1. The second kappa shape index (κ2) is 5.01. The zero-order chi connectivity index (χ0) is 13.2. The Labute approximate surface area is 110 Å². The lowest BCUT2D eigenvalue weighted by Gasteiger charge is -2.26. The summed E-state index contributed by atoms with van der Waals surface area (Å²) in [5.74, 6) is 1.42. The summed E-state index contributed by atoms with van der Waals surface area (Å²) < 4.78 is 5.20. The molecule has 0 spiro atoms. The van der Waals surface area contributed by atoms with Gasteiger partial charge in [-0.3, -0.25) is 0 Å². The summed E-state index contributed by atoms with van der Waals surface area (Å²) in [6.07, 6.45) is 8.04. The van der Waals surface area contributed by atoms with E-state index >= 15 is 0 Å². The average Bonchev–Trinajstić information content (AvgIpc) is 2.38. The summed E-state index contributed by atoms with van der Waals surface area (Å²) in [6, 6.07) is 8.41. The van der Waals surface area contributed by atoms with E-state index in [0.717, 1.165) is 12.2 Å². The maximum Gasteiger partial charge on any atom is 0.118 e. The van der Waals surface area contributed by atoms with Crippen molar-refractivity contribution in [2.45, 2.75) is 33.1 Å². The number of hydrogen-bond acceptors (Lipinski definition) is 1. The standard InChI is InChI=1S/C17H22O/c1-17(2,3)15-7-5-6-14(12-15)13-8-10-16(18-4)11-9-13/h5,7-12,14H,6H2,1-4H3. The molecule has 0 bridgehead atoms. The number of rotatable bonds is 2. The van der Waals surface area contributed by atoms with Crippen molar-refractivity contribution in [2.75, 3.05) is 7.11 Å². The van der Waals surface area contributed by atoms with Crippen LogP contribution in [0, 0.1) is 5.41 Å². The molecule has 2 rings (SSSR count). The molecule has 1 unspecified atom stereocenters. The summed E-state index contributed by atoms with van der Waals surface area (Å²) in [7, 11) is 1.70. The highest BCUT2D eigenvalue weighted by Gasteiger charge is 2.19. The molecule has 0 heterocycles. The second-order valence-electron chi connectivity index (χ2n) is 5.89. The predicted molar refractivity (Wildman–Crippen MR) is 77.0 cm³/mol. The molecule has 18 heavy (non-hydrogen) atoms. The Balaban J connectivity index is 2.23. The van der Waals surface area contributed by atoms with E-state index in [-0.39, 0.29) is 5.41 Å². The van der Waals surface area contributed by atoms with Gasteiger partial charge in [-0.05, 0) is 35.1 Å². The first-order valence-electron chi connectivity index (χ1n) is 6.53. The first-order valence-corrected chi connectivity index (χ1v) is 6.53. The lowest BCUT2D eigenvalue weighted by Crippen LogP contribution is -2.11. The Bertz CT molecular complexity index is 457. The highest BCUT2D eigenvalue weighted by atomic mass is 16.5. The van der Waals surface area contributed by atoms with Gasteiger partial charge in [0.1, 0.15) is 5.75 Å². The van der Waals surface area contributed by atoms with Crippen LogP contribution in [0.3, 0.4) is 0 Å². The molecule has 1 aliphatic rings. The molecule has 0 amide bonds. The maximum atomic E-state index is 5.20. The van der Waals surface area contributed by atoms with Crippen molar-refractivity contribution in [1.82, 2.24) is 0 Å². The van der Waals surface area contributed by atoms with Crippen LogP contribution in [0.5, 0.6) is 5.75 Å². The van der Waals surface area contributed by atoms with Gasteiger partial charge in [0.25, 0.3) is 0 Å². The van der Waals surface area contributed by atoms with Crippen LogP contribution >= 0.6 is 0 Å². The van der Waals surface area contributed by atoms with E-state index in [0.29, 0.717) is 5.92 Å². The molecule has 0 saturated carbocycles. The normalized spacial score (nSPS) is 19.6. The first kappa shape index (κ1) is 12.9. The lowest BCUT2D eigenvalue weighted by molar-refractivity contribution is 0.414. The molecule has 0 aliphatic heterocycles. The monoisotopic (exact) mass is 242 g/mol. The van der Waals surface area contributed by atoms with Gasteiger partial charge in [0.2, 0.25) is 0 Å². The zero-order valence-electron chi connectivity index (χ0n) is 11.7. The van der Waals surface area contributed by atoms with Gasteiger partial charge in [0, 0.05) is 5.92 Å². The van der Waals surface area contributed by atoms with Crippen LogP contribution in [0.4, 0.5) is 0 Å². The van der Waals surface area contributed by atoms with Crippen molar-refractivity contribution in [2.24, 2.45) is 5.41 Å². The van der Waals surface area contributed by atoms with Gasteiger partial charge in [0.05, 0.1) is 7.11 Å². The lowest BCUT2D eigenvalue weighted by atomic mass is 9.79. The van der Waals surface area contributed by atoms with E-state index in [1.165, 1.54) is 11.1 Å². The first-order chi connectivity index (χ1) is 8.50. The van der Waals surface area contributed by atoms with Crippen LogP contribution in [-0.4, -0.2) is 7.11 Å². The van der Waals surface area contributed by atoms with Gasteiger partial charge in [-0.2, -0.15) is 0 Å². The predicted octanol–water partition coefficient (Wildman–Crippen LogP) is 4.71. The van der Waals surface area contributed by atoms with Crippen molar-refractivity contribution in [3.05, 3.63) is 53.6 Å². The topological polar surface area (TPSA) is 9.23 Å². The third kappa shape index (κ3) is 2.84. The van der Waals surface area contributed by atoms with Crippen molar-refractivity contribution in [3.8, 4) is 5.75 Å². The molecule has 1 aliphatic carbocycles. The minimum absolute atomic E-state index is 0.224. The minimum atomic E-state index is 0.224. The number of ether oxygens (including phenoxy) is 1. The van der Waals surface area contributed by atoms with Crippen molar-refractivity contribution in [3.63, 3.8) is 0 Å². The molecular formula is C17H22O. The zero-order valence-corrected chi connectivity index (χ0v) is 11.7. The third-order valence-corrected chi connectivity index (χ3v) is 3.48. The van der Waals surface area contributed by atoms with Gasteiger partial charge in [-0.1, -0.05) is 51.1 Å². The molecular weight excluding hydrogens is 220 g/mol. The SMILES string of the molecule is COc1ccc(C2C=C(C(C)(C)C)C=CC2)cc1. The van der Waals surface area contributed by atoms with Crippen LogP contribution in [0.15, 0.2) is 48.1 Å². The highest BCUT2D eigenvalue weighted by Crippen LogP contribution is 2.35. The molecule has 0 aromatic heterocycles. The minimum Gasteiger partial charge on any atom is -0.497 e. The molecule has 1 aromatic carbocycles. The van der Waals surface area contributed by atoms with E-state index in [2.05, 4.69) is 51.1 Å². The van der Waals surface area contributed by atoms with E-state index in [4.69, 9.17) is 4.74 Å². The molecule has 0 saturated heterocycles. The Morgan fingerprint density at radius 2 is 1.78 bits per heavy atom. The summed E-state index contributed by atoms with van der Waals surface area (Å²) in [5.41, 5.74) is 3.01. The third-order valence-electron chi connectivity index (χ3n) is 3.48. The summed E-state index contributed by atoms with van der Waals surface area (Å²) >= 11 is 0. The van der Waals surface area contributed by atoms with Gasteiger partial charge in [-0.25, -0.2) is 0 Å². The van der Waals surface area contributed by atoms with Gasteiger partial charge in [0.15, 0.2) is 0 Å². The van der Waals surface area contributed by atoms with E-state index in [9.17, 15) is 0 Å². The van der Waals surface area contributed by atoms with Crippen LogP contribution in [0.1, 0.15) is 38.7 Å². The Morgan fingerprint density at radius 1 is 1.11 bits per heavy atom. The molecule has 0 N–H and O–H groups in total.